The molecule has 1 aliphatic heterocycles. The second-order valence-electron chi connectivity index (χ2n) is 5.05. The van der Waals surface area contributed by atoms with Crippen LogP contribution in [0, 0.1) is 0 Å². The predicted octanol–water partition coefficient (Wildman–Crippen LogP) is 4.39. The Morgan fingerprint density at radius 1 is 0.765 bits per heavy atom. The summed E-state index contributed by atoms with van der Waals surface area (Å²) in [4.78, 5) is 0. The van der Waals surface area contributed by atoms with Crippen molar-refractivity contribution in [2.45, 2.75) is 47.0 Å². The third-order valence-corrected chi connectivity index (χ3v) is 12.8. The monoisotopic (exact) mass is 280 g/mol. The van der Waals surface area contributed by atoms with Crippen LogP contribution in [0.15, 0.2) is 0 Å². The van der Waals surface area contributed by atoms with Gasteiger partial charge in [-0.05, 0) is 0 Å². The van der Waals surface area contributed by atoms with Gasteiger partial charge in [0, 0.05) is 0 Å². The average molecular weight is 281 g/mol. The van der Waals surface area contributed by atoms with Crippen LogP contribution in [0.4, 0.5) is 0 Å². The Morgan fingerprint density at radius 3 is 1.41 bits per heavy atom. The summed E-state index contributed by atoms with van der Waals surface area (Å²) in [5.41, 5.74) is 0. The molecule has 104 valence electrons. The van der Waals surface area contributed by atoms with Gasteiger partial charge >= 0.3 is 112 Å². The Morgan fingerprint density at radius 2 is 1.12 bits per heavy atom. The molecule has 0 aromatic heterocycles. The van der Waals surface area contributed by atoms with E-state index in [0.29, 0.717) is 0 Å². The number of rotatable bonds is 6. The van der Waals surface area contributed by atoms with Crippen molar-refractivity contribution in [3.8, 4) is 0 Å². The fourth-order valence-corrected chi connectivity index (χ4v) is 11.5. The summed E-state index contributed by atoms with van der Waals surface area (Å²) in [6.07, 6.45) is 4.17. The van der Waals surface area contributed by atoms with Gasteiger partial charge in [-0.25, -0.2) is 0 Å². The van der Waals surface area contributed by atoms with Gasteiger partial charge in [0.15, 0.2) is 0 Å². The maximum absolute atomic E-state index is 7.45. The van der Waals surface area contributed by atoms with Gasteiger partial charge in [-0.15, -0.1) is 0 Å². The Bertz CT molecular complexity index is 218. The first-order valence-corrected chi connectivity index (χ1v) is 10.7. The van der Waals surface area contributed by atoms with Crippen LogP contribution in [0.3, 0.4) is 0 Å². The van der Waals surface area contributed by atoms with Crippen LogP contribution >= 0.6 is 17.5 Å². The molecule has 0 aromatic rings. The molecule has 1 heterocycles. The second kappa shape index (κ2) is 6.19. The van der Waals surface area contributed by atoms with Gasteiger partial charge in [0.2, 0.25) is 0 Å². The van der Waals surface area contributed by atoms with Crippen molar-refractivity contribution in [1.29, 1.82) is 0 Å². The van der Waals surface area contributed by atoms with E-state index >= 15 is 0 Å². The number of hydrogen-bond acceptors (Lipinski definition) is 2. The van der Waals surface area contributed by atoms with Crippen molar-refractivity contribution < 1.29 is 0 Å². The van der Waals surface area contributed by atoms with E-state index < -0.39 is 6.26 Å². The molecule has 1 aliphatic rings. The first-order valence-electron chi connectivity index (χ1n) is 7.29. The van der Waals surface area contributed by atoms with Gasteiger partial charge in [-0.1, -0.05) is 0 Å². The van der Waals surface area contributed by atoms with Crippen LogP contribution in [0.25, 0.3) is 0 Å². The molecule has 0 spiro atoms. The number of halogens is 1. The zero-order valence-corrected chi connectivity index (χ0v) is 13.7. The number of nitrogens with zero attached hydrogens (tertiary/aromatic N) is 2. The molecule has 0 bridgehead atoms. The van der Waals surface area contributed by atoms with Crippen LogP contribution in [0.1, 0.15) is 47.0 Å². The van der Waals surface area contributed by atoms with E-state index in [4.69, 9.17) is 11.2 Å². The molecule has 2 nitrogen and oxygen atoms in total. The van der Waals surface area contributed by atoms with Gasteiger partial charge in [0.25, 0.3) is 0 Å². The van der Waals surface area contributed by atoms with E-state index in [0.717, 1.165) is 26.2 Å². The molecule has 0 atom stereocenters. The van der Waals surface area contributed by atoms with Crippen LogP contribution in [0.2, 0.25) is 0 Å². The van der Waals surface area contributed by atoms with Crippen molar-refractivity contribution in [3.05, 3.63) is 0 Å². The second-order valence-corrected chi connectivity index (χ2v) is 12.0. The maximum atomic E-state index is 7.45. The topological polar surface area (TPSA) is 6.48 Å². The Balaban J connectivity index is 3.13. The van der Waals surface area contributed by atoms with Gasteiger partial charge in [-0.3, -0.25) is 0 Å². The first-order chi connectivity index (χ1) is 8.06. The summed E-state index contributed by atoms with van der Waals surface area (Å²) in [7, 11) is 0. The first kappa shape index (κ1) is 15.7. The normalized spacial score (nSPS) is 25.7. The zero-order valence-electron chi connectivity index (χ0n) is 12.1. The molecule has 0 radical (unpaired) electrons. The van der Waals surface area contributed by atoms with Gasteiger partial charge in [-0.2, -0.15) is 0 Å². The standard InChI is InChI=1S/C13H30ClN2P/c1-5-15(6-2)17(14,16(7-3)8-4)12-10-9-11-13-17/h5-13H2,1-4H3. The summed E-state index contributed by atoms with van der Waals surface area (Å²) in [6, 6.07) is 0. The van der Waals surface area contributed by atoms with Crippen LogP contribution in [-0.4, -0.2) is 47.8 Å². The van der Waals surface area contributed by atoms with Crippen LogP contribution in [0.5, 0.6) is 0 Å². The van der Waals surface area contributed by atoms with Gasteiger partial charge in [0.05, 0.1) is 0 Å². The summed E-state index contributed by atoms with van der Waals surface area (Å²) in [5, 5.41) is 0. The third kappa shape index (κ3) is 2.66. The molecular formula is C13H30ClN2P. The fourth-order valence-electron chi connectivity index (χ4n) is 3.60. The van der Waals surface area contributed by atoms with Crippen molar-refractivity contribution >= 4 is 17.5 Å². The minimum atomic E-state index is -2.29. The van der Waals surface area contributed by atoms with E-state index in [1.807, 2.05) is 0 Å². The van der Waals surface area contributed by atoms with Crippen LogP contribution < -0.4 is 0 Å². The minimum absolute atomic E-state index is 1.09. The molecule has 1 saturated heterocycles. The summed E-state index contributed by atoms with van der Waals surface area (Å²) in [5.74, 6) is 0. The third-order valence-electron chi connectivity index (χ3n) is 4.43. The van der Waals surface area contributed by atoms with Crippen molar-refractivity contribution in [2.24, 2.45) is 0 Å². The molecule has 0 unspecified atom stereocenters. The Kier molecular flexibility index (Phi) is 5.72. The predicted molar refractivity (Wildman–Crippen MR) is 82.2 cm³/mol. The molecule has 0 N–H and O–H groups in total. The van der Waals surface area contributed by atoms with E-state index in [9.17, 15) is 0 Å². The molecule has 0 amide bonds. The number of hydrogen-bond donors (Lipinski definition) is 0. The van der Waals surface area contributed by atoms with Gasteiger partial charge in [0.1, 0.15) is 0 Å². The Hall–Kier alpha value is 0.640. The summed E-state index contributed by atoms with van der Waals surface area (Å²) in [6.45, 7) is 13.4. The summed E-state index contributed by atoms with van der Waals surface area (Å²) >= 11 is 7.45. The molecule has 0 saturated carbocycles. The quantitative estimate of drug-likeness (QED) is 0.666. The van der Waals surface area contributed by atoms with E-state index in [1.54, 1.807) is 0 Å². The average Bonchev–Trinajstić information content (AvgIpc) is 2.32. The SMILES string of the molecule is CCN(CC)P1(Cl)(N(CC)CC)CCCCC1. The molecule has 4 heteroatoms. The molecule has 1 fully saturated rings. The van der Waals surface area contributed by atoms with Gasteiger partial charge < -0.3 is 0 Å². The zero-order chi connectivity index (χ0) is 13.0. The summed E-state index contributed by atoms with van der Waals surface area (Å²) < 4.78 is 5.22. The Labute approximate surface area is 113 Å². The van der Waals surface area contributed by atoms with E-state index in [2.05, 4.69) is 37.0 Å². The molecule has 0 aromatic carbocycles. The molecule has 1 rings (SSSR count). The molecular weight excluding hydrogens is 251 g/mol. The van der Waals surface area contributed by atoms with E-state index in [1.165, 1.54) is 31.6 Å². The van der Waals surface area contributed by atoms with Crippen molar-refractivity contribution in [2.75, 3.05) is 38.5 Å². The molecule has 17 heavy (non-hydrogen) atoms. The van der Waals surface area contributed by atoms with E-state index in [-0.39, 0.29) is 0 Å². The van der Waals surface area contributed by atoms with Crippen molar-refractivity contribution in [3.63, 3.8) is 0 Å². The molecule has 0 aliphatic carbocycles. The van der Waals surface area contributed by atoms with Crippen molar-refractivity contribution in [1.82, 2.24) is 9.34 Å². The fraction of sp³-hybridized carbons (Fsp3) is 1.00. The van der Waals surface area contributed by atoms with Crippen LogP contribution in [-0.2, 0) is 0 Å².